The number of hydrogen-bond donors (Lipinski definition) is 2. The Hall–Kier alpha value is -0.294. The van der Waals surface area contributed by atoms with Gasteiger partial charge in [-0.25, -0.2) is 0 Å². The van der Waals surface area contributed by atoms with Gasteiger partial charge in [-0.15, -0.1) is 0 Å². The normalized spacial score (nSPS) is 10.2. The fourth-order valence-corrected chi connectivity index (χ4v) is 2.01. The molecule has 2 N–H and O–H groups in total. The van der Waals surface area contributed by atoms with Gasteiger partial charge in [0.05, 0.1) is 0 Å². The van der Waals surface area contributed by atoms with Crippen LogP contribution in [-0.4, -0.2) is 45.2 Å². The minimum Gasteiger partial charge on any atom is -1.00 e. The molecule has 0 rings (SSSR count). The van der Waals surface area contributed by atoms with Gasteiger partial charge in [-0.3, -0.25) is 9.59 Å². The molecule has 0 aliphatic heterocycles. The minimum atomic E-state index is -1.23. The van der Waals surface area contributed by atoms with Gasteiger partial charge in [0, 0.05) is 0 Å². The topological polar surface area (TPSA) is 74.6 Å². The van der Waals surface area contributed by atoms with Crippen molar-refractivity contribution in [3.8, 4) is 0 Å². The Labute approximate surface area is 135 Å². The van der Waals surface area contributed by atoms with Crippen molar-refractivity contribution in [3.05, 3.63) is 0 Å². The monoisotopic (exact) mass is 284 g/mol. The van der Waals surface area contributed by atoms with Gasteiger partial charge in [-0.05, 0) is 6.42 Å². The SMILES string of the molecule is CCCCCCCCCCCC(C(=O)O)C(=O)O.[H-].[H-].[Mg+2]. The van der Waals surface area contributed by atoms with Crippen LogP contribution in [0.2, 0.25) is 0 Å². The molecule has 0 aromatic rings. The number of carbonyl (C=O) groups is 2. The van der Waals surface area contributed by atoms with Crippen molar-refractivity contribution in [2.75, 3.05) is 0 Å². The second-order valence-electron chi connectivity index (χ2n) is 4.85. The number of aliphatic carboxylic acids is 2. The second-order valence-corrected chi connectivity index (χ2v) is 4.85. The molecular weight excluding hydrogens is 256 g/mol. The van der Waals surface area contributed by atoms with Crippen molar-refractivity contribution in [2.24, 2.45) is 5.92 Å². The van der Waals surface area contributed by atoms with E-state index in [0.29, 0.717) is 6.42 Å². The first-order valence-corrected chi connectivity index (χ1v) is 7.05. The van der Waals surface area contributed by atoms with E-state index in [0.717, 1.165) is 12.8 Å². The molecule has 0 atom stereocenters. The molecule has 0 unspecified atom stereocenters. The number of carboxylic acid groups (broad SMARTS) is 2. The summed E-state index contributed by atoms with van der Waals surface area (Å²) < 4.78 is 0. The predicted molar refractivity (Wildman–Crippen MR) is 78.6 cm³/mol. The fraction of sp³-hybridized carbons (Fsp3) is 0.857. The molecule has 0 saturated heterocycles. The van der Waals surface area contributed by atoms with Gasteiger partial charge >= 0.3 is 35.0 Å². The molecule has 0 aromatic carbocycles. The molecule has 110 valence electrons. The molecule has 19 heavy (non-hydrogen) atoms. The third kappa shape index (κ3) is 12.5. The summed E-state index contributed by atoms with van der Waals surface area (Å²) in [5.41, 5.74) is 0. The van der Waals surface area contributed by atoms with Crippen LogP contribution in [0.4, 0.5) is 0 Å². The first kappa shape index (κ1) is 21.0. The minimum absolute atomic E-state index is 0. The molecule has 0 aromatic heterocycles. The summed E-state index contributed by atoms with van der Waals surface area (Å²) in [6.45, 7) is 2.20. The largest absolute Gasteiger partial charge is 2.00 e. The zero-order chi connectivity index (χ0) is 13.8. The van der Waals surface area contributed by atoms with Gasteiger partial charge in [0.15, 0.2) is 5.92 Å². The molecule has 0 amide bonds. The molecular formula is C14H28MgO4. The van der Waals surface area contributed by atoms with Crippen LogP contribution >= 0.6 is 0 Å². The molecule has 0 aliphatic rings. The molecule has 0 heterocycles. The van der Waals surface area contributed by atoms with E-state index in [1.54, 1.807) is 0 Å². The van der Waals surface area contributed by atoms with Crippen LogP contribution in [0.3, 0.4) is 0 Å². The van der Waals surface area contributed by atoms with Crippen LogP contribution < -0.4 is 0 Å². The molecule has 0 aliphatic carbocycles. The van der Waals surface area contributed by atoms with E-state index in [9.17, 15) is 9.59 Å². The summed E-state index contributed by atoms with van der Waals surface area (Å²) in [5, 5.41) is 17.4. The third-order valence-corrected chi connectivity index (χ3v) is 3.19. The first-order valence-electron chi connectivity index (χ1n) is 7.05. The van der Waals surface area contributed by atoms with E-state index < -0.39 is 17.9 Å². The van der Waals surface area contributed by atoms with Crippen molar-refractivity contribution >= 4 is 35.0 Å². The third-order valence-electron chi connectivity index (χ3n) is 3.19. The number of carboxylic acids is 2. The average molecular weight is 285 g/mol. The Morgan fingerprint density at radius 3 is 1.58 bits per heavy atom. The Bertz CT molecular complexity index is 239. The summed E-state index contributed by atoms with van der Waals surface area (Å²) >= 11 is 0. The summed E-state index contributed by atoms with van der Waals surface area (Å²) in [6, 6.07) is 0. The van der Waals surface area contributed by atoms with Crippen molar-refractivity contribution in [1.29, 1.82) is 0 Å². The van der Waals surface area contributed by atoms with Crippen molar-refractivity contribution in [3.63, 3.8) is 0 Å². The van der Waals surface area contributed by atoms with E-state index in [1.165, 1.54) is 38.5 Å². The van der Waals surface area contributed by atoms with Gasteiger partial charge < -0.3 is 13.1 Å². The van der Waals surface area contributed by atoms with Gasteiger partial charge in [-0.1, -0.05) is 64.7 Å². The summed E-state index contributed by atoms with van der Waals surface area (Å²) in [4.78, 5) is 21.3. The van der Waals surface area contributed by atoms with Crippen LogP contribution in [0.25, 0.3) is 0 Å². The maximum Gasteiger partial charge on any atom is 2.00 e. The first-order chi connectivity index (χ1) is 8.59. The van der Waals surface area contributed by atoms with Crippen LogP contribution in [0.1, 0.15) is 74.0 Å². The van der Waals surface area contributed by atoms with E-state index >= 15 is 0 Å². The Balaban J connectivity index is -0.000000482. The molecule has 0 fully saturated rings. The maximum atomic E-state index is 10.6. The van der Waals surface area contributed by atoms with E-state index in [1.807, 2.05) is 0 Å². The summed E-state index contributed by atoms with van der Waals surface area (Å²) in [5.74, 6) is -3.67. The van der Waals surface area contributed by atoms with E-state index in [4.69, 9.17) is 10.2 Å². The van der Waals surface area contributed by atoms with Crippen LogP contribution in [0.5, 0.6) is 0 Å². The molecule has 0 bridgehead atoms. The van der Waals surface area contributed by atoms with Crippen LogP contribution in [0, 0.1) is 5.92 Å². The molecule has 0 radical (unpaired) electrons. The molecule has 0 saturated carbocycles. The summed E-state index contributed by atoms with van der Waals surface area (Å²) in [6.07, 6.45) is 10.5. The zero-order valence-electron chi connectivity index (χ0n) is 14.1. The standard InChI is InChI=1S/C14H26O4.Mg.2H/c1-2-3-4-5-6-7-8-9-10-11-12(13(15)16)14(17)18;;;/h12H,2-11H2,1H3,(H,15,16)(H,17,18);;;/q;+2;2*-1. The van der Waals surface area contributed by atoms with Gasteiger partial charge in [0.25, 0.3) is 0 Å². The smallest absolute Gasteiger partial charge is 1.00 e. The quantitative estimate of drug-likeness (QED) is 0.326. The Morgan fingerprint density at radius 1 is 0.842 bits per heavy atom. The van der Waals surface area contributed by atoms with E-state index in [2.05, 4.69) is 6.92 Å². The summed E-state index contributed by atoms with van der Waals surface area (Å²) in [7, 11) is 0. The molecule has 5 heteroatoms. The van der Waals surface area contributed by atoms with Gasteiger partial charge in [0.2, 0.25) is 0 Å². The van der Waals surface area contributed by atoms with Crippen LogP contribution in [0.15, 0.2) is 0 Å². The molecule has 4 nitrogen and oxygen atoms in total. The number of unbranched alkanes of at least 4 members (excludes halogenated alkanes) is 8. The maximum absolute atomic E-state index is 10.6. The second kappa shape index (κ2) is 14.1. The predicted octanol–water partition coefficient (Wildman–Crippen LogP) is 3.54. The van der Waals surface area contributed by atoms with Crippen molar-refractivity contribution < 1.29 is 22.7 Å². The molecule has 0 spiro atoms. The Kier molecular flexibility index (Phi) is 15.6. The van der Waals surface area contributed by atoms with E-state index in [-0.39, 0.29) is 32.3 Å². The average Bonchev–Trinajstić information content (AvgIpc) is 2.30. The fourth-order valence-electron chi connectivity index (χ4n) is 2.01. The van der Waals surface area contributed by atoms with Gasteiger partial charge in [0.1, 0.15) is 0 Å². The number of hydrogen-bond acceptors (Lipinski definition) is 2. The number of rotatable bonds is 12. The van der Waals surface area contributed by atoms with Crippen molar-refractivity contribution in [1.82, 2.24) is 0 Å². The zero-order valence-corrected chi connectivity index (χ0v) is 13.5. The van der Waals surface area contributed by atoms with Crippen molar-refractivity contribution in [2.45, 2.75) is 71.1 Å². The van der Waals surface area contributed by atoms with Crippen LogP contribution in [-0.2, 0) is 9.59 Å². The Morgan fingerprint density at radius 2 is 1.21 bits per heavy atom. The van der Waals surface area contributed by atoms with Gasteiger partial charge in [-0.2, -0.15) is 0 Å².